The zero-order valence-corrected chi connectivity index (χ0v) is 9.22. The van der Waals surface area contributed by atoms with Crippen LogP contribution in [0.15, 0.2) is 0 Å². The molecule has 1 heterocycles. The Labute approximate surface area is 93.5 Å². The maximum absolute atomic E-state index is 12.5. The van der Waals surface area contributed by atoms with E-state index < -0.39 is 12.1 Å². The first-order valence-corrected chi connectivity index (χ1v) is 5.95. The number of nitrogens with one attached hydrogen (secondary N) is 1. The van der Waals surface area contributed by atoms with Crippen molar-refractivity contribution in [1.29, 1.82) is 0 Å². The van der Waals surface area contributed by atoms with Crippen LogP contribution in [0.3, 0.4) is 0 Å². The molecule has 1 saturated carbocycles. The molecule has 1 N–H and O–H groups in total. The number of hydrogen-bond acceptors (Lipinski definition) is 2. The van der Waals surface area contributed by atoms with Crippen molar-refractivity contribution in [2.75, 3.05) is 19.8 Å². The summed E-state index contributed by atoms with van der Waals surface area (Å²) < 4.78 is 42.8. The van der Waals surface area contributed by atoms with E-state index in [-0.39, 0.29) is 18.9 Å². The Morgan fingerprint density at radius 3 is 2.25 bits per heavy atom. The van der Waals surface area contributed by atoms with Crippen LogP contribution in [-0.4, -0.2) is 32.0 Å². The van der Waals surface area contributed by atoms with Crippen molar-refractivity contribution >= 4 is 0 Å². The van der Waals surface area contributed by atoms with E-state index in [0.717, 1.165) is 6.54 Å². The minimum absolute atomic E-state index is 0.267. The molecule has 0 aromatic heterocycles. The number of alkyl halides is 3. The lowest BCUT2D eigenvalue weighted by molar-refractivity contribution is -0.184. The first-order valence-electron chi connectivity index (χ1n) is 5.95. The molecule has 1 aliphatic heterocycles. The smallest absolute Gasteiger partial charge is 0.379 e. The predicted octanol–water partition coefficient (Wildman–Crippen LogP) is 2.34. The Kier molecular flexibility index (Phi) is 3.74. The van der Waals surface area contributed by atoms with E-state index >= 15 is 0 Å². The summed E-state index contributed by atoms with van der Waals surface area (Å²) in [5.41, 5.74) is 0. The molecule has 1 saturated heterocycles. The Bertz CT molecular complexity index is 218. The highest BCUT2D eigenvalue weighted by Gasteiger charge is 2.42. The molecule has 2 fully saturated rings. The van der Waals surface area contributed by atoms with Crippen molar-refractivity contribution in [1.82, 2.24) is 5.32 Å². The van der Waals surface area contributed by atoms with Crippen LogP contribution in [0.5, 0.6) is 0 Å². The highest BCUT2D eigenvalue weighted by Crippen LogP contribution is 2.40. The van der Waals surface area contributed by atoms with Crippen LogP contribution >= 0.6 is 0 Å². The lowest BCUT2D eigenvalue weighted by Crippen LogP contribution is -2.47. The molecule has 0 spiro atoms. The maximum Gasteiger partial charge on any atom is 0.391 e. The fraction of sp³-hybridized carbons (Fsp3) is 1.00. The Balaban J connectivity index is 1.80. The van der Waals surface area contributed by atoms with Gasteiger partial charge in [0, 0.05) is 12.6 Å². The molecule has 1 atom stereocenters. The largest absolute Gasteiger partial charge is 0.391 e. The van der Waals surface area contributed by atoms with Gasteiger partial charge < -0.3 is 10.1 Å². The van der Waals surface area contributed by atoms with E-state index in [9.17, 15) is 13.2 Å². The molecular formula is C11H18F3NO. The number of rotatable bonds is 1. The van der Waals surface area contributed by atoms with Crippen LogP contribution in [0.4, 0.5) is 13.2 Å². The average Bonchev–Trinajstić information content (AvgIpc) is 2.29. The van der Waals surface area contributed by atoms with Gasteiger partial charge in [0.05, 0.1) is 19.1 Å². The molecule has 0 unspecified atom stereocenters. The SMILES string of the molecule is FC(F)(F)C1CCC([C@H]2COCCN2)CC1. The molecule has 0 aromatic carbocycles. The third-order valence-corrected chi connectivity index (χ3v) is 3.75. The maximum atomic E-state index is 12.5. The van der Waals surface area contributed by atoms with Crippen molar-refractivity contribution in [3.8, 4) is 0 Å². The van der Waals surface area contributed by atoms with Crippen molar-refractivity contribution in [3.63, 3.8) is 0 Å². The molecule has 5 heteroatoms. The number of hydrogen-bond donors (Lipinski definition) is 1. The molecule has 2 nitrogen and oxygen atoms in total. The van der Waals surface area contributed by atoms with Crippen molar-refractivity contribution < 1.29 is 17.9 Å². The Morgan fingerprint density at radius 2 is 1.75 bits per heavy atom. The first-order chi connectivity index (χ1) is 7.57. The lowest BCUT2D eigenvalue weighted by atomic mass is 9.78. The normalized spacial score (nSPS) is 37.3. The summed E-state index contributed by atoms with van der Waals surface area (Å²) in [4.78, 5) is 0. The summed E-state index contributed by atoms with van der Waals surface area (Å²) in [6, 6.07) is 0.267. The topological polar surface area (TPSA) is 21.3 Å². The molecule has 2 rings (SSSR count). The minimum Gasteiger partial charge on any atom is -0.379 e. The highest BCUT2D eigenvalue weighted by atomic mass is 19.4. The second-order valence-corrected chi connectivity index (χ2v) is 4.79. The van der Waals surface area contributed by atoms with E-state index in [0.29, 0.717) is 32.0 Å². The third-order valence-electron chi connectivity index (χ3n) is 3.75. The molecule has 94 valence electrons. The third kappa shape index (κ3) is 2.88. The van der Waals surface area contributed by atoms with Crippen molar-refractivity contribution in [2.24, 2.45) is 11.8 Å². The van der Waals surface area contributed by atoms with Crippen LogP contribution in [0.2, 0.25) is 0 Å². The van der Waals surface area contributed by atoms with Crippen LogP contribution < -0.4 is 5.32 Å². The second kappa shape index (κ2) is 4.92. The van der Waals surface area contributed by atoms with Gasteiger partial charge in [0.2, 0.25) is 0 Å². The summed E-state index contributed by atoms with van der Waals surface area (Å²) in [6.45, 7) is 2.19. The van der Waals surface area contributed by atoms with Crippen LogP contribution in [0.1, 0.15) is 25.7 Å². The van der Waals surface area contributed by atoms with Gasteiger partial charge in [-0.15, -0.1) is 0 Å². The zero-order valence-electron chi connectivity index (χ0n) is 9.22. The van der Waals surface area contributed by atoms with E-state index in [2.05, 4.69) is 5.32 Å². The van der Waals surface area contributed by atoms with Gasteiger partial charge in [-0.05, 0) is 31.6 Å². The molecule has 0 aromatic rings. The molecule has 0 radical (unpaired) electrons. The summed E-state index contributed by atoms with van der Waals surface area (Å²) in [7, 11) is 0. The zero-order chi connectivity index (χ0) is 11.6. The number of ether oxygens (including phenoxy) is 1. The van der Waals surface area contributed by atoms with Gasteiger partial charge in [-0.2, -0.15) is 13.2 Å². The molecule has 0 amide bonds. The molecular weight excluding hydrogens is 219 g/mol. The average molecular weight is 237 g/mol. The van der Waals surface area contributed by atoms with Gasteiger partial charge in [0.15, 0.2) is 0 Å². The number of morpholine rings is 1. The van der Waals surface area contributed by atoms with Gasteiger partial charge >= 0.3 is 6.18 Å². The molecule has 0 bridgehead atoms. The van der Waals surface area contributed by atoms with E-state index in [1.54, 1.807) is 0 Å². The molecule has 16 heavy (non-hydrogen) atoms. The number of halogens is 3. The van der Waals surface area contributed by atoms with Gasteiger partial charge in [0.1, 0.15) is 0 Å². The van der Waals surface area contributed by atoms with Gasteiger partial charge in [0.25, 0.3) is 0 Å². The Hall–Kier alpha value is -0.290. The fourth-order valence-corrected chi connectivity index (χ4v) is 2.74. The monoisotopic (exact) mass is 237 g/mol. The second-order valence-electron chi connectivity index (χ2n) is 4.79. The quantitative estimate of drug-likeness (QED) is 0.755. The van der Waals surface area contributed by atoms with Crippen molar-refractivity contribution in [3.05, 3.63) is 0 Å². The lowest BCUT2D eigenvalue weighted by Gasteiger charge is -2.36. The summed E-state index contributed by atoms with van der Waals surface area (Å²) in [6.07, 6.45) is -2.09. The van der Waals surface area contributed by atoms with Gasteiger partial charge in [-0.1, -0.05) is 0 Å². The van der Waals surface area contributed by atoms with E-state index in [1.165, 1.54) is 0 Å². The standard InChI is InChI=1S/C11H18F3NO/c12-11(13,14)9-3-1-8(2-4-9)10-7-16-6-5-15-10/h8-10,15H,1-7H2/t8?,9?,10-/m1/s1. The minimum atomic E-state index is -4.00. The summed E-state index contributed by atoms with van der Waals surface area (Å²) in [5, 5.41) is 3.34. The first kappa shape index (κ1) is 12.2. The molecule has 1 aliphatic carbocycles. The summed E-state index contributed by atoms with van der Waals surface area (Å²) >= 11 is 0. The highest BCUT2D eigenvalue weighted by molar-refractivity contribution is 4.85. The summed E-state index contributed by atoms with van der Waals surface area (Å²) in [5.74, 6) is -0.716. The Morgan fingerprint density at radius 1 is 1.06 bits per heavy atom. The van der Waals surface area contributed by atoms with Gasteiger partial charge in [-0.25, -0.2) is 0 Å². The van der Waals surface area contributed by atoms with Gasteiger partial charge in [-0.3, -0.25) is 0 Å². The molecule has 2 aliphatic rings. The van der Waals surface area contributed by atoms with Crippen LogP contribution in [-0.2, 0) is 4.74 Å². The van der Waals surface area contributed by atoms with Crippen LogP contribution in [0, 0.1) is 11.8 Å². The van der Waals surface area contributed by atoms with Crippen molar-refractivity contribution in [2.45, 2.75) is 37.9 Å². The predicted molar refractivity (Wildman–Crippen MR) is 54.1 cm³/mol. The fourth-order valence-electron chi connectivity index (χ4n) is 2.74. The van der Waals surface area contributed by atoms with Crippen LogP contribution in [0.25, 0.3) is 0 Å². The van der Waals surface area contributed by atoms with E-state index in [1.807, 2.05) is 0 Å². The van der Waals surface area contributed by atoms with E-state index in [4.69, 9.17) is 4.74 Å².